The van der Waals surface area contributed by atoms with E-state index in [-0.39, 0.29) is 29.6 Å². The number of amides is 1. The van der Waals surface area contributed by atoms with Gasteiger partial charge in [-0.05, 0) is 42.3 Å². The fourth-order valence-electron chi connectivity index (χ4n) is 3.14. The number of nitrogens with two attached hydrogens (primary N) is 1. The number of rotatable bonds is 3. The smallest absolute Gasteiger partial charge is 0.227 e. The molecule has 0 bridgehead atoms. The molecule has 21 heavy (non-hydrogen) atoms. The van der Waals surface area contributed by atoms with Gasteiger partial charge in [-0.1, -0.05) is 45.4 Å². The van der Waals surface area contributed by atoms with Gasteiger partial charge in [0.15, 0.2) is 0 Å². The quantitative estimate of drug-likeness (QED) is 0.894. The Morgan fingerprint density at radius 3 is 2.57 bits per heavy atom. The number of benzene rings is 1. The predicted octanol–water partition coefficient (Wildman–Crippen LogP) is 3.72. The SMILES string of the molecule is CC(C)(C)c1ccccc1NC(=O)[C@@H]1CCC[C@@H]1CN.Cl. The standard InChI is InChI=1S/C17H26N2O.ClH/c1-17(2,3)14-9-4-5-10-15(14)19-16(20)13-8-6-7-12(13)11-18;/h4-5,9-10,12-13H,6-8,11,18H2,1-3H3,(H,19,20);1H/t12-,13-;/m1./s1. The molecule has 2 rings (SSSR count). The first-order chi connectivity index (χ1) is 9.43. The first-order valence-electron chi connectivity index (χ1n) is 7.54. The van der Waals surface area contributed by atoms with Gasteiger partial charge in [0.25, 0.3) is 0 Å². The van der Waals surface area contributed by atoms with Crippen LogP contribution < -0.4 is 11.1 Å². The van der Waals surface area contributed by atoms with E-state index in [1.807, 2.05) is 18.2 Å². The van der Waals surface area contributed by atoms with Crippen LogP contribution in [0.4, 0.5) is 5.69 Å². The number of carbonyl (C=O) groups excluding carboxylic acids is 1. The van der Waals surface area contributed by atoms with Gasteiger partial charge in [-0.3, -0.25) is 4.79 Å². The highest BCUT2D eigenvalue weighted by molar-refractivity contribution is 5.93. The molecule has 2 atom stereocenters. The van der Waals surface area contributed by atoms with Crippen LogP contribution in [0.25, 0.3) is 0 Å². The first-order valence-corrected chi connectivity index (χ1v) is 7.54. The minimum absolute atomic E-state index is 0. The molecule has 1 aromatic carbocycles. The molecular formula is C17H27ClN2O. The Labute approximate surface area is 134 Å². The lowest BCUT2D eigenvalue weighted by atomic mass is 9.85. The second-order valence-electron chi connectivity index (χ2n) is 6.82. The highest BCUT2D eigenvalue weighted by atomic mass is 35.5. The van der Waals surface area contributed by atoms with E-state index >= 15 is 0 Å². The van der Waals surface area contributed by atoms with E-state index in [4.69, 9.17) is 5.73 Å². The Morgan fingerprint density at radius 2 is 1.95 bits per heavy atom. The number of nitrogens with one attached hydrogen (secondary N) is 1. The van der Waals surface area contributed by atoms with Crippen molar-refractivity contribution in [3.05, 3.63) is 29.8 Å². The van der Waals surface area contributed by atoms with Gasteiger partial charge in [-0.2, -0.15) is 0 Å². The number of para-hydroxylation sites is 1. The summed E-state index contributed by atoms with van der Waals surface area (Å²) in [6, 6.07) is 8.07. The summed E-state index contributed by atoms with van der Waals surface area (Å²) in [6.07, 6.45) is 3.15. The number of anilines is 1. The molecule has 1 aliphatic carbocycles. The van der Waals surface area contributed by atoms with Gasteiger partial charge < -0.3 is 11.1 Å². The third-order valence-corrected chi connectivity index (χ3v) is 4.29. The van der Waals surface area contributed by atoms with E-state index in [0.29, 0.717) is 12.5 Å². The average molecular weight is 311 g/mol. The van der Waals surface area contributed by atoms with Gasteiger partial charge in [0.2, 0.25) is 5.91 Å². The molecule has 0 radical (unpaired) electrons. The van der Waals surface area contributed by atoms with Crippen LogP contribution in [0.15, 0.2) is 24.3 Å². The van der Waals surface area contributed by atoms with E-state index in [1.54, 1.807) is 0 Å². The third kappa shape index (κ3) is 4.21. The van der Waals surface area contributed by atoms with Crippen LogP contribution >= 0.6 is 12.4 Å². The third-order valence-electron chi connectivity index (χ3n) is 4.29. The highest BCUT2D eigenvalue weighted by Crippen LogP contribution is 2.34. The largest absolute Gasteiger partial charge is 0.330 e. The molecule has 4 heteroatoms. The molecule has 1 fully saturated rings. The van der Waals surface area contributed by atoms with Crippen molar-refractivity contribution >= 4 is 24.0 Å². The van der Waals surface area contributed by atoms with Crippen molar-refractivity contribution in [1.29, 1.82) is 0 Å². The summed E-state index contributed by atoms with van der Waals surface area (Å²) in [4.78, 5) is 12.5. The number of hydrogen-bond donors (Lipinski definition) is 2. The van der Waals surface area contributed by atoms with Crippen molar-refractivity contribution in [2.75, 3.05) is 11.9 Å². The Balaban J connectivity index is 0.00000220. The van der Waals surface area contributed by atoms with Crippen LogP contribution in [0, 0.1) is 11.8 Å². The molecule has 0 spiro atoms. The summed E-state index contributed by atoms with van der Waals surface area (Å²) < 4.78 is 0. The minimum atomic E-state index is 0. The summed E-state index contributed by atoms with van der Waals surface area (Å²) in [5.74, 6) is 0.555. The molecular weight excluding hydrogens is 284 g/mol. The number of halogens is 1. The fourth-order valence-corrected chi connectivity index (χ4v) is 3.14. The maximum absolute atomic E-state index is 12.5. The van der Waals surface area contributed by atoms with Gasteiger partial charge in [-0.25, -0.2) is 0 Å². The Hall–Kier alpha value is -1.06. The Bertz CT molecular complexity index is 482. The molecule has 3 N–H and O–H groups in total. The Morgan fingerprint density at radius 1 is 1.29 bits per heavy atom. The Kier molecular flexibility index (Phi) is 6.24. The van der Waals surface area contributed by atoms with Crippen LogP contribution in [0.1, 0.15) is 45.6 Å². The zero-order valence-corrected chi connectivity index (χ0v) is 14.0. The van der Waals surface area contributed by atoms with Crippen LogP contribution in [0.5, 0.6) is 0 Å². The van der Waals surface area contributed by atoms with Crippen molar-refractivity contribution in [2.24, 2.45) is 17.6 Å². The van der Waals surface area contributed by atoms with E-state index < -0.39 is 0 Å². The molecule has 0 saturated heterocycles. The van der Waals surface area contributed by atoms with Crippen LogP contribution in [-0.4, -0.2) is 12.5 Å². The van der Waals surface area contributed by atoms with Crippen LogP contribution in [0.2, 0.25) is 0 Å². The minimum Gasteiger partial charge on any atom is -0.330 e. The maximum atomic E-state index is 12.5. The summed E-state index contributed by atoms with van der Waals surface area (Å²) in [5, 5.41) is 3.13. The van der Waals surface area contributed by atoms with Crippen molar-refractivity contribution < 1.29 is 4.79 Å². The van der Waals surface area contributed by atoms with Gasteiger partial charge in [0.05, 0.1) is 0 Å². The van der Waals surface area contributed by atoms with E-state index in [1.165, 1.54) is 5.56 Å². The molecule has 1 amide bonds. The first kappa shape index (κ1) is 18.0. The fraction of sp³-hybridized carbons (Fsp3) is 0.588. The van der Waals surface area contributed by atoms with Gasteiger partial charge in [0.1, 0.15) is 0 Å². The number of hydrogen-bond acceptors (Lipinski definition) is 2. The zero-order valence-electron chi connectivity index (χ0n) is 13.2. The molecule has 0 aliphatic heterocycles. The monoisotopic (exact) mass is 310 g/mol. The zero-order chi connectivity index (χ0) is 14.8. The lowest BCUT2D eigenvalue weighted by Crippen LogP contribution is -2.30. The molecule has 1 saturated carbocycles. The van der Waals surface area contributed by atoms with Crippen molar-refractivity contribution in [1.82, 2.24) is 0 Å². The van der Waals surface area contributed by atoms with E-state index in [9.17, 15) is 4.79 Å². The van der Waals surface area contributed by atoms with Crippen LogP contribution in [-0.2, 0) is 10.2 Å². The summed E-state index contributed by atoms with van der Waals surface area (Å²) in [5.41, 5.74) is 7.91. The highest BCUT2D eigenvalue weighted by Gasteiger charge is 2.32. The summed E-state index contributed by atoms with van der Waals surface area (Å²) in [6.45, 7) is 7.10. The molecule has 1 aliphatic rings. The molecule has 1 aromatic rings. The van der Waals surface area contributed by atoms with Crippen molar-refractivity contribution in [3.63, 3.8) is 0 Å². The van der Waals surface area contributed by atoms with E-state index in [2.05, 4.69) is 32.2 Å². The predicted molar refractivity (Wildman–Crippen MR) is 90.9 cm³/mol. The van der Waals surface area contributed by atoms with Crippen molar-refractivity contribution in [2.45, 2.75) is 45.4 Å². The molecule has 0 aromatic heterocycles. The normalized spacial score (nSPS) is 21.7. The van der Waals surface area contributed by atoms with Gasteiger partial charge >= 0.3 is 0 Å². The topological polar surface area (TPSA) is 55.1 Å². The average Bonchev–Trinajstić information content (AvgIpc) is 2.86. The number of carbonyl (C=O) groups is 1. The lowest BCUT2D eigenvalue weighted by Gasteiger charge is -2.24. The van der Waals surface area contributed by atoms with E-state index in [0.717, 1.165) is 24.9 Å². The van der Waals surface area contributed by atoms with Gasteiger partial charge in [0, 0.05) is 11.6 Å². The molecule has 0 unspecified atom stereocenters. The molecule has 0 heterocycles. The molecule has 118 valence electrons. The second kappa shape index (κ2) is 7.28. The maximum Gasteiger partial charge on any atom is 0.227 e. The summed E-state index contributed by atoms with van der Waals surface area (Å²) >= 11 is 0. The van der Waals surface area contributed by atoms with Crippen molar-refractivity contribution in [3.8, 4) is 0 Å². The van der Waals surface area contributed by atoms with Gasteiger partial charge in [-0.15, -0.1) is 12.4 Å². The molecule has 3 nitrogen and oxygen atoms in total. The second-order valence-corrected chi connectivity index (χ2v) is 6.82. The summed E-state index contributed by atoms with van der Waals surface area (Å²) in [7, 11) is 0. The van der Waals surface area contributed by atoms with Crippen LogP contribution in [0.3, 0.4) is 0 Å². The lowest BCUT2D eigenvalue weighted by molar-refractivity contribution is -0.120.